The van der Waals surface area contributed by atoms with Crippen molar-refractivity contribution in [1.29, 1.82) is 0 Å². The first-order valence-corrected chi connectivity index (χ1v) is 9.77. The molecule has 1 unspecified atom stereocenters. The Balaban J connectivity index is 1.70. The molecule has 0 spiro atoms. The van der Waals surface area contributed by atoms with E-state index in [1.165, 1.54) is 5.56 Å². The molecule has 0 fully saturated rings. The molecule has 0 aliphatic rings. The Morgan fingerprint density at radius 2 is 1.89 bits per heavy atom. The number of aromatic nitrogens is 1. The first-order chi connectivity index (χ1) is 13.0. The lowest BCUT2D eigenvalue weighted by Gasteiger charge is -2.26. The van der Waals surface area contributed by atoms with Crippen molar-refractivity contribution in [2.24, 2.45) is 0 Å². The van der Waals surface area contributed by atoms with Gasteiger partial charge in [-0.05, 0) is 19.9 Å². The SMILES string of the molecule is COc1ccccc1C(C)N(C)C(=O)Cc1csc(-c2ccc(C)cc2)n1. The second-order valence-corrected chi connectivity index (χ2v) is 7.47. The van der Waals surface area contributed by atoms with Gasteiger partial charge >= 0.3 is 0 Å². The molecule has 140 valence electrons. The van der Waals surface area contributed by atoms with Crippen LogP contribution in [-0.2, 0) is 11.2 Å². The summed E-state index contributed by atoms with van der Waals surface area (Å²) >= 11 is 1.57. The Kier molecular flexibility index (Phi) is 5.91. The van der Waals surface area contributed by atoms with Gasteiger partial charge in [-0.2, -0.15) is 0 Å². The van der Waals surface area contributed by atoms with Crippen LogP contribution in [0.5, 0.6) is 5.75 Å². The van der Waals surface area contributed by atoms with Crippen LogP contribution in [0, 0.1) is 6.92 Å². The number of carbonyl (C=O) groups is 1. The van der Waals surface area contributed by atoms with Crippen molar-refractivity contribution in [3.63, 3.8) is 0 Å². The maximum absolute atomic E-state index is 12.8. The topological polar surface area (TPSA) is 42.4 Å². The van der Waals surface area contributed by atoms with Crippen LogP contribution in [0.15, 0.2) is 53.9 Å². The van der Waals surface area contributed by atoms with Crippen LogP contribution >= 0.6 is 11.3 Å². The molecule has 2 aromatic carbocycles. The zero-order valence-corrected chi connectivity index (χ0v) is 16.9. The number of methoxy groups -OCH3 is 1. The number of benzene rings is 2. The third kappa shape index (κ3) is 4.37. The number of amides is 1. The van der Waals surface area contributed by atoms with Gasteiger partial charge in [0, 0.05) is 23.6 Å². The van der Waals surface area contributed by atoms with Gasteiger partial charge in [-0.15, -0.1) is 11.3 Å². The van der Waals surface area contributed by atoms with E-state index in [9.17, 15) is 4.79 Å². The molecule has 0 aliphatic carbocycles. The van der Waals surface area contributed by atoms with Gasteiger partial charge in [0.05, 0.1) is 25.3 Å². The summed E-state index contributed by atoms with van der Waals surface area (Å²) in [5.41, 5.74) is 4.10. The Labute approximate surface area is 164 Å². The standard InChI is InChI=1S/C22H24N2O2S/c1-15-9-11-17(12-10-15)22-23-18(14-27-22)13-21(25)24(3)16(2)19-7-5-6-8-20(19)26-4/h5-12,14,16H,13H2,1-4H3. The number of carbonyl (C=O) groups excluding carboxylic acids is 1. The summed E-state index contributed by atoms with van der Waals surface area (Å²) in [7, 11) is 3.47. The van der Waals surface area contributed by atoms with Gasteiger partial charge in [-0.3, -0.25) is 4.79 Å². The van der Waals surface area contributed by atoms with Crippen LogP contribution in [0.3, 0.4) is 0 Å². The summed E-state index contributed by atoms with van der Waals surface area (Å²) in [5, 5.41) is 2.91. The highest BCUT2D eigenvalue weighted by Gasteiger charge is 2.21. The van der Waals surface area contributed by atoms with Crippen molar-refractivity contribution in [1.82, 2.24) is 9.88 Å². The maximum Gasteiger partial charge on any atom is 0.228 e. The largest absolute Gasteiger partial charge is 0.496 e. The van der Waals surface area contributed by atoms with Gasteiger partial charge < -0.3 is 9.64 Å². The van der Waals surface area contributed by atoms with E-state index >= 15 is 0 Å². The Morgan fingerprint density at radius 3 is 2.59 bits per heavy atom. The second kappa shape index (κ2) is 8.35. The molecule has 1 heterocycles. The summed E-state index contributed by atoms with van der Waals surface area (Å²) in [6, 6.07) is 16.0. The average Bonchev–Trinajstić information content (AvgIpc) is 3.15. The molecular weight excluding hydrogens is 356 g/mol. The quantitative estimate of drug-likeness (QED) is 0.611. The van der Waals surface area contributed by atoms with Gasteiger partial charge in [0.15, 0.2) is 0 Å². The maximum atomic E-state index is 12.8. The van der Waals surface area contributed by atoms with Gasteiger partial charge in [-0.1, -0.05) is 48.0 Å². The predicted octanol–water partition coefficient (Wildman–Crippen LogP) is 4.89. The number of nitrogens with zero attached hydrogens (tertiary/aromatic N) is 2. The smallest absolute Gasteiger partial charge is 0.228 e. The monoisotopic (exact) mass is 380 g/mol. The zero-order chi connectivity index (χ0) is 19.4. The number of likely N-dealkylation sites (N-methyl/N-ethyl adjacent to an activating group) is 1. The van der Waals surface area contributed by atoms with Gasteiger partial charge in [-0.25, -0.2) is 4.98 Å². The number of para-hydroxylation sites is 1. The first-order valence-electron chi connectivity index (χ1n) is 8.89. The lowest BCUT2D eigenvalue weighted by atomic mass is 10.1. The van der Waals surface area contributed by atoms with Crippen LogP contribution < -0.4 is 4.74 Å². The predicted molar refractivity (Wildman–Crippen MR) is 110 cm³/mol. The lowest BCUT2D eigenvalue weighted by molar-refractivity contribution is -0.131. The third-order valence-electron chi connectivity index (χ3n) is 4.75. The van der Waals surface area contributed by atoms with Gasteiger partial charge in [0.1, 0.15) is 10.8 Å². The van der Waals surface area contributed by atoms with Crippen LogP contribution in [-0.4, -0.2) is 29.9 Å². The molecule has 1 atom stereocenters. The van der Waals surface area contributed by atoms with Crippen LogP contribution in [0.4, 0.5) is 0 Å². The molecule has 0 N–H and O–H groups in total. The van der Waals surface area contributed by atoms with Crippen LogP contribution in [0.1, 0.15) is 29.8 Å². The minimum Gasteiger partial charge on any atom is -0.496 e. The Morgan fingerprint density at radius 1 is 1.19 bits per heavy atom. The molecule has 0 aliphatic heterocycles. The normalized spacial score (nSPS) is 11.9. The first kappa shape index (κ1) is 19.1. The van der Waals surface area contributed by atoms with E-state index in [-0.39, 0.29) is 11.9 Å². The van der Waals surface area contributed by atoms with E-state index in [1.54, 1.807) is 23.3 Å². The number of ether oxygens (including phenoxy) is 1. The molecular formula is C22H24N2O2S. The van der Waals surface area contributed by atoms with Crippen molar-refractivity contribution < 1.29 is 9.53 Å². The lowest BCUT2D eigenvalue weighted by Crippen LogP contribution is -2.31. The summed E-state index contributed by atoms with van der Waals surface area (Å²) < 4.78 is 5.43. The van der Waals surface area contributed by atoms with Crippen molar-refractivity contribution in [3.05, 3.63) is 70.7 Å². The average molecular weight is 381 g/mol. The van der Waals surface area contributed by atoms with E-state index in [1.807, 2.05) is 43.6 Å². The number of thiazole rings is 1. The van der Waals surface area contributed by atoms with E-state index < -0.39 is 0 Å². The number of hydrogen-bond donors (Lipinski definition) is 0. The molecule has 5 heteroatoms. The molecule has 3 rings (SSSR count). The summed E-state index contributed by atoms with van der Waals surface area (Å²) in [5.74, 6) is 0.828. The van der Waals surface area contributed by atoms with Crippen LogP contribution in [0.2, 0.25) is 0 Å². The number of aryl methyl sites for hydroxylation is 1. The van der Waals surface area contributed by atoms with E-state index in [0.717, 1.165) is 27.6 Å². The fraction of sp³-hybridized carbons (Fsp3) is 0.273. The zero-order valence-electron chi connectivity index (χ0n) is 16.1. The molecule has 3 aromatic rings. The van der Waals surface area contributed by atoms with E-state index in [0.29, 0.717) is 6.42 Å². The molecule has 1 aromatic heterocycles. The van der Waals surface area contributed by atoms with Crippen molar-refractivity contribution in [2.45, 2.75) is 26.3 Å². The molecule has 27 heavy (non-hydrogen) atoms. The molecule has 4 nitrogen and oxygen atoms in total. The van der Waals surface area contributed by atoms with E-state index in [4.69, 9.17) is 4.74 Å². The molecule has 0 saturated heterocycles. The fourth-order valence-corrected chi connectivity index (χ4v) is 3.76. The fourth-order valence-electron chi connectivity index (χ4n) is 2.93. The highest BCUT2D eigenvalue weighted by Crippen LogP contribution is 2.29. The number of rotatable bonds is 6. The highest BCUT2D eigenvalue weighted by atomic mass is 32.1. The number of hydrogen-bond acceptors (Lipinski definition) is 4. The minimum absolute atomic E-state index is 0.0363. The minimum atomic E-state index is -0.0798. The summed E-state index contributed by atoms with van der Waals surface area (Å²) in [4.78, 5) is 19.2. The summed E-state index contributed by atoms with van der Waals surface area (Å²) in [6.45, 7) is 4.07. The molecule has 1 amide bonds. The Hall–Kier alpha value is -2.66. The van der Waals surface area contributed by atoms with Gasteiger partial charge in [0.2, 0.25) is 5.91 Å². The summed E-state index contributed by atoms with van der Waals surface area (Å²) in [6.07, 6.45) is 0.290. The van der Waals surface area contributed by atoms with Crippen molar-refractivity contribution in [2.75, 3.05) is 14.2 Å². The van der Waals surface area contributed by atoms with Crippen LogP contribution in [0.25, 0.3) is 10.6 Å². The van der Waals surface area contributed by atoms with Crippen molar-refractivity contribution >= 4 is 17.2 Å². The third-order valence-corrected chi connectivity index (χ3v) is 5.69. The van der Waals surface area contributed by atoms with Crippen molar-refractivity contribution in [3.8, 4) is 16.3 Å². The van der Waals surface area contributed by atoms with E-state index in [2.05, 4.69) is 36.2 Å². The highest BCUT2D eigenvalue weighted by molar-refractivity contribution is 7.13. The molecule has 0 radical (unpaired) electrons. The Bertz CT molecular complexity index is 918. The molecule has 0 bridgehead atoms. The van der Waals surface area contributed by atoms with Gasteiger partial charge in [0.25, 0.3) is 0 Å². The molecule has 0 saturated carbocycles. The second-order valence-electron chi connectivity index (χ2n) is 6.61.